The van der Waals surface area contributed by atoms with Gasteiger partial charge in [-0.3, -0.25) is 0 Å². The third-order valence-corrected chi connectivity index (χ3v) is 5.23. The molecule has 0 atom stereocenters. The number of hydrogen-bond donors (Lipinski definition) is 1. The molecule has 1 heterocycles. The molecule has 1 aromatic heterocycles. The van der Waals surface area contributed by atoms with Gasteiger partial charge in [0.15, 0.2) is 22.5 Å². The van der Waals surface area contributed by atoms with Crippen LogP contribution in [0.25, 0.3) is 11.3 Å². The Labute approximate surface area is 178 Å². The maximum Gasteiger partial charge on any atom is 0.189 e. The third-order valence-electron chi connectivity index (χ3n) is 4.27. The molecule has 148 valence electrons. The zero-order chi connectivity index (χ0) is 21.0. The minimum absolute atomic E-state index is 0.326. The first-order valence-corrected chi connectivity index (χ1v) is 10.2. The molecule has 1 N–H and O–H groups in total. The molecular formula is C21H19ClN4O2S. The molecule has 0 radical (unpaired) electrons. The van der Waals surface area contributed by atoms with E-state index in [1.807, 2.05) is 31.4 Å². The van der Waals surface area contributed by atoms with Gasteiger partial charge in [0, 0.05) is 16.3 Å². The molecule has 0 spiro atoms. The molecule has 0 bridgehead atoms. The summed E-state index contributed by atoms with van der Waals surface area (Å²) in [6.45, 7) is 1.93. The molecule has 8 heteroatoms. The van der Waals surface area contributed by atoms with Crippen LogP contribution in [0.1, 0.15) is 11.1 Å². The van der Waals surface area contributed by atoms with Gasteiger partial charge in [-0.2, -0.15) is 5.26 Å². The summed E-state index contributed by atoms with van der Waals surface area (Å²) >= 11 is 7.62. The number of nitrogens with one attached hydrogen (secondary N) is 1. The van der Waals surface area contributed by atoms with Crippen molar-refractivity contribution in [2.24, 2.45) is 0 Å². The standard InChI is InChI=1S/C21H19ClN4O2S/c1-12-5-7-14(10-16(12)22)24-20-15(11-23)19(25-21(26-20)29-4)13-6-8-17(27-2)18(9-13)28-3/h5-10H,1-4H3,(H,24,25,26). The number of thioether (sulfide) groups is 1. The van der Waals surface area contributed by atoms with Crippen molar-refractivity contribution < 1.29 is 9.47 Å². The summed E-state index contributed by atoms with van der Waals surface area (Å²) in [5.74, 6) is 1.57. The molecule has 3 rings (SSSR count). The molecule has 0 aliphatic carbocycles. The Balaban J connectivity index is 2.14. The molecule has 0 saturated carbocycles. The number of methoxy groups -OCH3 is 2. The van der Waals surface area contributed by atoms with Gasteiger partial charge < -0.3 is 14.8 Å². The molecular weight excluding hydrogens is 408 g/mol. The number of nitrogens with zero attached hydrogens (tertiary/aromatic N) is 3. The van der Waals surface area contributed by atoms with Crippen LogP contribution in [0, 0.1) is 18.3 Å². The van der Waals surface area contributed by atoms with Crippen molar-refractivity contribution in [3.8, 4) is 28.8 Å². The lowest BCUT2D eigenvalue weighted by Gasteiger charge is -2.14. The number of rotatable bonds is 6. The van der Waals surface area contributed by atoms with Crippen molar-refractivity contribution in [2.75, 3.05) is 25.8 Å². The number of halogens is 1. The van der Waals surface area contributed by atoms with Gasteiger partial charge in [-0.1, -0.05) is 29.4 Å². The average Bonchev–Trinajstić information content (AvgIpc) is 2.75. The SMILES string of the molecule is COc1ccc(-c2nc(SC)nc(Nc3ccc(C)c(Cl)c3)c2C#N)cc1OC. The first-order chi connectivity index (χ1) is 14.0. The van der Waals surface area contributed by atoms with Crippen molar-refractivity contribution in [3.63, 3.8) is 0 Å². The van der Waals surface area contributed by atoms with Gasteiger partial charge >= 0.3 is 0 Å². The zero-order valence-electron chi connectivity index (χ0n) is 16.4. The van der Waals surface area contributed by atoms with E-state index in [-0.39, 0.29) is 0 Å². The first-order valence-electron chi connectivity index (χ1n) is 8.62. The van der Waals surface area contributed by atoms with Crippen molar-refractivity contribution in [2.45, 2.75) is 12.1 Å². The Kier molecular flexibility index (Phi) is 6.47. The van der Waals surface area contributed by atoms with Crippen molar-refractivity contribution in [1.82, 2.24) is 9.97 Å². The summed E-state index contributed by atoms with van der Waals surface area (Å²) in [7, 11) is 3.14. The van der Waals surface area contributed by atoms with E-state index in [0.29, 0.717) is 38.8 Å². The van der Waals surface area contributed by atoms with E-state index in [9.17, 15) is 5.26 Å². The molecule has 0 saturated heterocycles. The normalized spacial score (nSPS) is 10.3. The summed E-state index contributed by atoms with van der Waals surface area (Å²) in [5.41, 5.74) is 3.26. The van der Waals surface area contributed by atoms with E-state index in [0.717, 1.165) is 16.8 Å². The Morgan fingerprint density at radius 2 is 1.83 bits per heavy atom. The van der Waals surface area contributed by atoms with Crippen LogP contribution in [-0.4, -0.2) is 30.4 Å². The Bertz CT molecular complexity index is 1100. The number of benzene rings is 2. The van der Waals surface area contributed by atoms with Gasteiger partial charge in [0.05, 0.1) is 19.9 Å². The number of aryl methyl sites for hydroxylation is 1. The molecule has 0 aliphatic heterocycles. The monoisotopic (exact) mass is 426 g/mol. The highest BCUT2D eigenvalue weighted by atomic mass is 35.5. The van der Waals surface area contributed by atoms with Crippen LogP contribution in [0.4, 0.5) is 11.5 Å². The van der Waals surface area contributed by atoms with Gasteiger partial charge in [0.2, 0.25) is 0 Å². The second kappa shape index (κ2) is 9.03. The van der Waals surface area contributed by atoms with E-state index < -0.39 is 0 Å². The van der Waals surface area contributed by atoms with E-state index in [1.54, 1.807) is 32.4 Å². The van der Waals surface area contributed by atoms with Crippen LogP contribution in [0.2, 0.25) is 5.02 Å². The number of hydrogen-bond acceptors (Lipinski definition) is 7. The predicted octanol–water partition coefficient (Wildman–Crippen LogP) is 5.46. The molecule has 3 aromatic rings. The van der Waals surface area contributed by atoms with Crippen LogP contribution in [0.3, 0.4) is 0 Å². The van der Waals surface area contributed by atoms with Crippen LogP contribution in [0.15, 0.2) is 41.6 Å². The summed E-state index contributed by atoms with van der Waals surface area (Å²) in [4.78, 5) is 9.06. The topological polar surface area (TPSA) is 80.1 Å². The highest BCUT2D eigenvalue weighted by molar-refractivity contribution is 7.98. The fourth-order valence-electron chi connectivity index (χ4n) is 2.73. The Hall–Kier alpha value is -2.95. The molecule has 2 aromatic carbocycles. The first kappa shape index (κ1) is 20.8. The Morgan fingerprint density at radius 1 is 1.07 bits per heavy atom. The Morgan fingerprint density at radius 3 is 2.45 bits per heavy atom. The van der Waals surface area contributed by atoms with E-state index in [2.05, 4.69) is 21.4 Å². The number of nitriles is 1. The number of anilines is 2. The van der Waals surface area contributed by atoms with Crippen molar-refractivity contribution >= 4 is 34.9 Å². The summed E-state index contributed by atoms with van der Waals surface area (Å²) in [6, 6.07) is 13.2. The van der Waals surface area contributed by atoms with Crippen LogP contribution >= 0.6 is 23.4 Å². The van der Waals surface area contributed by atoms with Crippen molar-refractivity contribution in [3.05, 3.63) is 52.5 Å². The molecule has 6 nitrogen and oxygen atoms in total. The fourth-order valence-corrected chi connectivity index (χ4v) is 3.27. The second-order valence-electron chi connectivity index (χ2n) is 6.05. The average molecular weight is 427 g/mol. The fraction of sp³-hybridized carbons (Fsp3) is 0.190. The minimum atomic E-state index is 0.326. The molecule has 0 unspecified atom stereocenters. The van der Waals surface area contributed by atoms with Gasteiger partial charge in [-0.15, -0.1) is 0 Å². The maximum atomic E-state index is 9.87. The minimum Gasteiger partial charge on any atom is -0.493 e. The lowest BCUT2D eigenvalue weighted by Crippen LogP contribution is -2.03. The molecule has 29 heavy (non-hydrogen) atoms. The molecule has 0 aliphatic rings. The van der Waals surface area contributed by atoms with E-state index >= 15 is 0 Å². The third kappa shape index (κ3) is 4.39. The smallest absolute Gasteiger partial charge is 0.189 e. The zero-order valence-corrected chi connectivity index (χ0v) is 18.0. The van der Waals surface area contributed by atoms with Crippen LogP contribution in [0.5, 0.6) is 11.5 Å². The predicted molar refractivity (Wildman–Crippen MR) is 117 cm³/mol. The quantitative estimate of drug-likeness (QED) is 0.414. The van der Waals surface area contributed by atoms with Gasteiger partial charge in [0.25, 0.3) is 0 Å². The number of ether oxygens (including phenoxy) is 2. The molecule has 0 fully saturated rings. The van der Waals surface area contributed by atoms with Crippen LogP contribution in [-0.2, 0) is 0 Å². The van der Waals surface area contributed by atoms with Gasteiger partial charge in [-0.25, -0.2) is 9.97 Å². The van der Waals surface area contributed by atoms with E-state index in [1.165, 1.54) is 11.8 Å². The highest BCUT2D eigenvalue weighted by Crippen LogP contribution is 2.35. The van der Waals surface area contributed by atoms with Crippen molar-refractivity contribution in [1.29, 1.82) is 5.26 Å². The van der Waals surface area contributed by atoms with E-state index in [4.69, 9.17) is 21.1 Å². The van der Waals surface area contributed by atoms with Crippen LogP contribution < -0.4 is 14.8 Å². The highest BCUT2D eigenvalue weighted by Gasteiger charge is 2.18. The second-order valence-corrected chi connectivity index (χ2v) is 7.23. The summed E-state index contributed by atoms with van der Waals surface area (Å²) in [5, 5.41) is 14.2. The summed E-state index contributed by atoms with van der Waals surface area (Å²) < 4.78 is 10.7. The number of aromatic nitrogens is 2. The van der Waals surface area contributed by atoms with Gasteiger partial charge in [0.1, 0.15) is 11.6 Å². The largest absolute Gasteiger partial charge is 0.493 e. The maximum absolute atomic E-state index is 9.87. The lowest BCUT2D eigenvalue weighted by molar-refractivity contribution is 0.355. The summed E-state index contributed by atoms with van der Waals surface area (Å²) in [6.07, 6.45) is 1.88. The lowest BCUT2D eigenvalue weighted by atomic mass is 10.1. The van der Waals surface area contributed by atoms with Gasteiger partial charge in [-0.05, 0) is 49.1 Å². The molecule has 0 amide bonds.